The average Bonchev–Trinajstić information content (AvgIpc) is 2.95. The quantitative estimate of drug-likeness (QED) is 0.275. The number of hydrogen-bond acceptors (Lipinski definition) is 12. The van der Waals surface area contributed by atoms with E-state index in [0.29, 0.717) is 0 Å². The number of esters is 1. The summed E-state index contributed by atoms with van der Waals surface area (Å²) in [6, 6.07) is 3.13. The van der Waals surface area contributed by atoms with E-state index in [1.165, 1.54) is 11.4 Å². The maximum absolute atomic E-state index is 13.5. The Hall–Kier alpha value is -2.76. The first-order valence-corrected chi connectivity index (χ1v) is 14.4. The van der Waals surface area contributed by atoms with Crippen molar-refractivity contribution in [3.63, 3.8) is 0 Å². The van der Waals surface area contributed by atoms with Crippen LogP contribution in [-0.2, 0) is 26.0 Å². The number of aliphatic hydroxyl groups excluding tert-OH is 3. The summed E-state index contributed by atoms with van der Waals surface area (Å²) < 4.78 is 57.2. The first kappa shape index (κ1) is 29.7. The predicted octanol–water partition coefficient (Wildman–Crippen LogP) is 0.0984. The molecule has 13 nitrogen and oxygen atoms in total. The highest BCUT2D eigenvalue weighted by Crippen LogP contribution is 2.52. The maximum atomic E-state index is 13.5. The predicted molar refractivity (Wildman–Crippen MR) is 138 cm³/mol. The summed E-state index contributed by atoms with van der Waals surface area (Å²) >= 11 is 5.76. The van der Waals surface area contributed by atoms with Crippen LogP contribution in [0.15, 0.2) is 23.1 Å². The molecule has 0 aromatic heterocycles. The Bertz CT molecular complexity index is 1470. The summed E-state index contributed by atoms with van der Waals surface area (Å²) in [5.41, 5.74) is -0.377. The topological polar surface area (TPSA) is 187 Å². The van der Waals surface area contributed by atoms with Gasteiger partial charge in [0.25, 0.3) is 0 Å². The molecular formula is C25H28ClFN2O11S. The van der Waals surface area contributed by atoms with Crippen molar-refractivity contribution in [3.8, 4) is 17.2 Å². The van der Waals surface area contributed by atoms with Crippen LogP contribution in [-0.4, -0.2) is 113 Å². The van der Waals surface area contributed by atoms with Crippen molar-refractivity contribution in [2.75, 3.05) is 39.9 Å². The Kier molecular flexibility index (Phi) is 8.08. The Morgan fingerprint density at radius 1 is 1.12 bits per heavy atom. The molecular weight excluding hydrogens is 591 g/mol. The molecule has 41 heavy (non-hydrogen) atoms. The number of ether oxygens (including phenoxy) is 3. The Labute approximate surface area is 238 Å². The minimum atomic E-state index is -3.98. The van der Waals surface area contributed by atoms with Gasteiger partial charge in [0.2, 0.25) is 15.8 Å². The second kappa shape index (κ2) is 11.1. The summed E-state index contributed by atoms with van der Waals surface area (Å²) in [4.78, 5) is 14.8. The van der Waals surface area contributed by atoms with Crippen LogP contribution >= 0.6 is 11.6 Å². The van der Waals surface area contributed by atoms with Gasteiger partial charge >= 0.3 is 5.97 Å². The van der Waals surface area contributed by atoms with E-state index in [9.17, 15) is 43.1 Å². The first-order chi connectivity index (χ1) is 19.4. The van der Waals surface area contributed by atoms with Gasteiger partial charge in [-0.2, -0.15) is 4.31 Å². The number of piperazine rings is 1. The van der Waals surface area contributed by atoms with E-state index in [-0.39, 0.29) is 65.1 Å². The Morgan fingerprint density at radius 3 is 2.41 bits per heavy atom. The van der Waals surface area contributed by atoms with E-state index in [4.69, 9.17) is 25.8 Å². The molecule has 5 atom stereocenters. The third-order valence-corrected chi connectivity index (χ3v) is 9.77. The molecule has 2 fully saturated rings. The monoisotopic (exact) mass is 618 g/mol. The zero-order valence-corrected chi connectivity index (χ0v) is 23.2. The molecule has 0 aliphatic carbocycles. The van der Waals surface area contributed by atoms with E-state index in [2.05, 4.69) is 0 Å². The van der Waals surface area contributed by atoms with Crippen LogP contribution in [0.4, 0.5) is 4.39 Å². The highest BCUT2D eigenvalue weighted by molar-refractivity contribution is 7.89. The first-order valence-electron chi connectivity index (χ1n) is 12.6. The fourth-order valence-corrected chi connectivity index (χ4v) is 7.10. The number of carbonyl (C=O) groups excluding carboxylic acids is 1. The number of aromatic hydroxyl groups is 2. The highest BCUT2D eigenvalue weighted by atomic mass is 35.5. The Balaban J connectivity index is 1.44. The number of aliphatic hydroxyl groups is 3. The van der Waals surface area contributed by atoms with Gasteiger partial charge in [-0.3, -0.25) is 4.90 Å². The molecule has 0 bridgehead atoms. The van der Waals surface area contributed by atoms with Crippen LogP contribution < -0.4 is 4.74 Å². The fraction of sp³-hybridized carbons (Fsp3) is 0.480. The van der Waals surface area contributed by atoms with Crippen LogP contribution in [0.25, 0.3) is 0 Å². The van der Waals surface area contributed by atoms with E-state index in [1.807, 2.05) is 0 Å². The third-order valence-electron chi connectivity index (χ3n) is 7.59. The molecule has 3 aliphatic rings. The van der Waals surface area contributed by atoms with Crippen LogP contribution in [0.3, 0.4) is 0 Å². The molecule has 3 heterocycles. The van der Waals surface area contributed by atoms with Gasteiger partial charge < -0.3 is 39.7 Å². The summed E-state index contributed by atoms with van der Waals surface area (Å²) in [5.74, 6) is -3.30. The van der Waals surface area contributed by atoms with Crippen molar-refractivity contribution in [1.82, 2.24) is 9.21 Å². The summed E-state index contributed by atoms with van der Waals surface area (Å²) in [7, 11) is -2.79. The number of sulfonamides is 1. The van der Waals surface area contributed by atoms with E-state index < -0.39 is 70.4 Å². The number of rotatable bonds is 6. The summed E-state index contributed by atoms with van der Waals surface area (Å²) in [5, 5.41) is 52.1. The number of carbonyl (C=O) groups is 1. The van der Waals surface area contributed by atoms with E-state index in [1.54, 1.807) is 4.90 Å². The lowest BCUT2D eigenvalue weighted by Crippen LogP contribution is -2.58. The minimum absolute atomic E-state index is 0.00415. The minimum Gasteiger partial charge on any atom is -0.504 e. The molecule has 2 aromatic rings. The molecule has 0 spiro atoms. The highest BCUT2D eigenvalue weighted by Gasteiger charge is 2.53. The zero-order chi connectivity index (χ0) is 29.8. The molecule has 224 valence electrons. The lowest BCUT2D eigenvalue weighted by molar-refractivity contribution is -0.235. The number of nitrogens with zero attached hydrogens (tertiary/aromatic N) is 2. The molecule has 2 aromatic carbocycles. The van der Waals surface area contributed by atoms with Crippen molar-refractivity contribution in [2.45, 2.75) is 42.0 Å². The van der Waals surface area contributed by atoms with Gasteiger partial charge in [0.1, 0.15) is 30.2 Å². The van der Waals surface area contributed by atoms with Gasteiger partial charge in [-0.25, -0.2) is 17.6 Å². The van der Waals surface area contributed by atoms with Gasteiger partial charge in [0, 0.05) is 43.9 Å². The maximum Gasteiger partial charge on any atom is 0.339 e. The zero-order valence-electron chi connectivity index (χ0n) is 21.6. The average molecular weight is 619 g/mol. The van der Waals surface area contributed by atoms with Crippen LogP contribution in [0.5, 0.6) is 17.2 Å². The lowest BCUT2D eigenvalue weighted by atomic mass is 9.84. The number of phenols is 2. The second-order valence-electron chi connectivity index (χ2n) is 9.88. The number of hydrogen-bond donors (Lipinski definition) is 5. The molecule has 5 rings (SSSR count). The van der Waals surface area contributed by atoms with Gasteiger partial charge in [-0.1, -0.05) is 11.6 Å². The number of methoxy groups -OCH3 is 1. The normalized spacial score (nSPS) is 27.2. The van der Waals surface area contributed by atoms with Crippen molar-refractivity contribution in [2.24, 2.45) is 0 Å². The summed E-state index contributed by atoms with van der Waals surface area (Å²) in [6.07, 6.45) is -7.21. The number of phenolic OH excluding ortho intramolecular Hbond substituents is 2. The molecule has 2 unspecified atom stereocenters. The van der Waals surface area contributed by atoms with E-state index in [0.717, 1.165) is 18.2 Å². The SMILES string of the molecule is COc1c(O)c(CN2CCN(S(=O)(=O)c3ccc(F)c(Cl)c3)CC2)c2c(c1O)C1O[C@H](CO)[C@@H](O)[C@H](O)C1OC2=O. The standard InChI is InChI=1S/C25H28ClFN2O11S/c1-38-23-18(31)12(9-28-4-6-29(7-5-28)41(36,37)11-2-3-14(27)13(26)8-11)16-17(20(23)33)22-24(40-25(16)35)21(34)19(32)15(10-30)39-22/h2-3,8,15,19,21-22,24,30-34H,4-7,9-10H2,1H3/t15-,19-,21+,22?,24?/m1/s1. The number of halogens is 2. The number of benzene rings is 2. The largest absolute Gasteiger partial charge is 0.504 e. The molecule has 0 radical (unpaired) electrons. The molecule has 2 saturated heterocycles. The van der Waals surface area contributed by atoms with Crippen molar-refractivity contribution < 1.29 is 57.3 Å². The third kappa shape index (κ3) is 4.99. The number of fused-ring (bicyclic) bond motifs is 3. The van der Waals surface area contributed by atoms with Crippen molar-refractivity contribution in [1.29, 1.82) is 0 Å². The molecule has 0 amide bonds. The smallest absolute Gasteiger partial charge is 0.339 e. The molecule has 16 heteroatoms. The molecule has 0 saturated carbocycles. The van der Waals surface area contributed by atoms with Crippen LogP contribution in [0, 0.1) is 5.82 Å². The van der Waals surface area contributed by atoms with Gasteiger partial charge in [-0.15, -0.1) is 0 Å². The fourth-order valence-electron chi connectivity index (χ4n) is 5.40. The van der Waals surface area contributed by atoms with Crippen molar-refractivity contribution >= 4 is 27.6 Å². The van der Waals surface area contributed by atoms with E-state index >= 15 is 0 Å². The summed E-state index contributed by atoms with van der Waals surface area (Å²) in [6.45, 7) is -0.389. The molecule has 3 aliphatic heterocycles. The van der Waals surface area contributed by atoms with Gasteiger partial charge in [0.15, 0.2) is 17.6 Å². The van der Waals surface area contributed by atoms with Crippen LogP contribution in [0.1, 0.15) is 27.6 Å². The van der Waals surface area contributed by atoms with Crippen LogP contribution in [0.2, 0.25) is 5.02 Å². The lowest BCUT2D eigenvalue weighted by Gasteiger charge is -2.45. The molecule has 5 N–H and O–H groups in total. The van der Waals surface area contributed by atoms with Gasteiger partial charge in [-0.05, 0) is 18.2 Å². The van der Waals surface area contributed by atoms with Crippen molar-refractivity contribution in [3.05, 3.63) is 45.7 Å². The van der Waals surface area contributed by atoms with Gasteiger partial charge in [0.05, 0.1) is 29.2 Å². The second-order valence-corrected chi connectivity index (χ2v) is 12.2. The Morgan fingerprint density at radius 2 is 1.80 bits per heavy atom.